The third kappa shape index (κ3) is 4.07. The van der Waals surface area contributed by atoms with Crippen LogP contribution in [0.5, 0.6) is 0 Å². The van der Waals surface area contributed by atoms with Gasteiger partial charge in [0.25, 0.3) is 5.91 Å². The number of piperidine rings is 1. The van der Waals surface area contributed by atoms with Crippen LogP contribution < -0.4 is 0 Å². The number of rotatable bonds is 5. The molecule has 1 N–H and O–H groups in total. The second-order valence-electron chi connectivity index (χ2n) is 8.01. The van der Waals surface area contributed by atoms with Crippen LogP contribution in [0.1, 0.15) is 46.0 Å². The highest BCUT2D eigenvalue weighted by Crippen LogP contribution is 2.27. The van der Waals surface area contributed by atoms with Crippen molar-refractivity contribution in [2.24, 2.45) is 5.92 Å². The lowest BCUT2D eigenvalue weighted by Crippen LogP contribution is -2.40. The van der Waals surface area contributed by atoms with Crippen molar-refractivity contribution in [3.63, 3.8) is 0 Å². The topological polar surface area (TPSA) is 43.8 Å². The van der Waals surface area contributed by atoms with Crippen LogP contribution in [0.3, 0.4) is 0 Å². The minimum absolute atomic E-state index is 0.183. The summed E-state index contributed by atoms with van der Waals surface area (Å²) in [7, 11) is 0. The van der Waals surface area contributed by atoms with Gasteiger partial charge in [-0.05, 0) is 56.0 Å². The van der Waals surface area contributed by atoms with Crippen molar-refractivity contribution in [2.45, 2.75) is 32.4 Å². The third-order valence-corrected chi connectivity index (χ3v) is 5.98. The molecule has 4 heteroatoms. The second kappa shape index (κ2) is 7.83. The van der Waals surface area contributed by atoms with Crippen LogP contribution in [0.4, 0.5) is 0 Å². The number of benzene rings is 2. The first-order valence-electron chi connectivity index (χ1n) is 9.94. The minimum Gasteiger partial charge on any atom is -0.387 e. The van der Waals surface area contributed by atoms with Crippen molar-refractivity contribution in [3.05, 3.63) is 70.8 Å². The maximum Gasteiger partial charge on any atom is 0.254 e. The van der Waals surface area contributed by atoms with Gasteiger partial charge in [-0.1, -0.05) is 48.0 Å². The van der Waals surface area contributed by atoms with Gasteiger partial charge in [-0.25, -0.2) is 0 Å². The maximum absolute atomic E-state index is 12.5. The Kier molecular flexibility index (Phi) is 5.28. The predicted octanol–water partition coefficient (Wildman–Crippen LogP) is 3.40. The zero-order valence-electron chi connectivity index (χ0n) is 16.0. The predicted molar refractivity (Wildman–Crippen MR) is 106 cm³/mol. The van der Waals surface area contributed by atoms with Gasteiger partial charge in [0, 0.05) is 25.2 Å². The highest BCUT2D eigenvalue weighted by atomic mass is 16.3. The van der Waals surface area contributed by atoms with E-state index in [4.69, 9.17) is 0 Å². The molecule has 142 valence electrons. The van der Waals surface area contributed by atoms with Gasteiger partial charge in [0.15, 0.2) is 0 Å². The summed E-state index contributed by atoms with van der Waals surface area (Å²) in [6.45, 7) is 6.32. The molecule has 1 amide bonds. The van der Waals surface area contributed by atoms with Crippen LogP contribution in [0.25, 0.3) is 0 Å². The van der Waals surface area contributed by atoms with E-state index in [2.05, 4.69) is 30.0 Å². The fourth-order valence-corrected chi connectivity index (χ4v) is 4.26. The number of carbonyl (C=O) groups excluding carboxylic acids is 1. The van der Waals surface area contributed by atoms with E-state index in [0.717, 1.165) is 55.7 Å². The molecule has 2 aliphatic heterocycles. The maximum atomic E-state index is 12.5. The smallest absolute Gasteiger partial charge is 0.254 e. The molecule has 4 nitrogen and oxygen atoms in total. The van der Waals surface area contributed by atoms with Crippen LogP contribution >= 0.6 is 0 Å². The zero-order valence-corrected chi connectivity index (χ0v) is 16.0. The lowest BCUT2D eigenvalue weighted by molar-refractivity contribution is 0.0654. The van der Waals surface area contributed by atoms with E-state index in [1.165, 1.54) is 5.56 Å². The van der Waals surface area contributed by atoms with Gasteiger partial charge in [-0.2, -0.15) is 0 Å². The first-order chi connectivity index (χ1) is 13.1. The Bertz CT molecular complexity index is 794. The summed E-state index contributed by atoms with van der Waals surface area (Å²) in [5.74, 6) is 0.735. The Morgan fingerprint density at radius 1 is 1.07 bits per heavy atom. The summed E-state index contributed by atoms with van der Waals surface area (Å²) in [5, 5.41) is 10.5. The number of hydrogen-bond acceptors (Lipinski definition) is 3. The van der Waals surface area contributed by atoms with Crippen molar-refractivity contribution in [3.8, 4) is 0 Å². The van der Waals surface area contributed by atoms with E-state index in [1.54, 1.807) is 0 Å². The molecule has 1 unspecified atom stereocenters. The second-order valence-corrected chi connectivity index (χ2v) is 8.01. The molecule has 1 atom stereocenters. The minimum atomic E-state index is -0.434. The average Bonchev–Trinajstić information content (AvgIpc) is 3.00. The molecule has 1 saturated heterocycles. The van der Waals surface area contributed by atoms with Gasteiger partial charge in [-0.15, -0.1) is 0 Å². The molecule has 27 heavy (non-hydrogen) atoms. The Morgan fingerprint density at radius 3 is 2.48 bits per heavy atom. The lowest BCUT2D eigenvalue weighted by atomic mass is 9.95. The number of carbonyl (C=O) groups is 1. The molecule has 4 rings (SSSR count). The van der Waals surface area contributed by atoms with Crippen molar-refractivity contribution >= 4 is 5.91 Å². The molecule has 0 bridgehead atoms. The van der Waals surface area contributed by atoms with Crippen LogP contribution in [-0.4, -0.2) is 47.0 Å². The van der Waals surface area contributed by atoms with E-state index in [0.29, 0.717) is 12.5 Å². The summed E-state index contributed by atoms with van der Waals surface area (Å²) in [4.78, 5) is 16.9. The summed E-state index contributed by atoms with van der Waals surface area (Å²) in [6, 6.07) is 16.1. The molecule has 1 fully saturated rings. The molecule has 2 aromatic carbocycles. The number of amides is 1. The highest BCUT2D eigenvalue weighted by Gasteiger charge is 2.30. The Balaban J connectivity index is 1.26. The Hall–Kier alpha value is -2.17. The highest BCUT2D eigenvalue weighted by molar-refractivity contribution is 5.98. The van der Waals surface area contributed by atoms with E-state index in [9.17, 15) is 9.90 Å². The van der Waals surface area contributed by atoms with Crippen molar-refractivity contribution in [1.82, 2.24) is 9.80 Å². The molecule has 2 aliphatic rings. The monoisotopic (exact) mass is 364 g/mol. The first-order valence-corrected chi connectivity index (χ1v) is 9.94. The number of aryl methyl sites for hydroxylation is 1. The lowest BCUT2D eigenvalue weighted by Gasteiger charge is -2.34. The van der Waals surface area contributed by atoms with Crippen molar-refractivity contribution in [1.29, 1.82) is 0 Å². The average molecular weight is 364 g/mol. The molecule has 2 heterocycles. The van der Waals surface area contributed by atoms with Gasteiger partial charge < -0.3 is 14.9 Å². The molecular weight excluding hydrogens is 336 g/mol. The number of fused-ring (bicyclic) bond motifs is 1. The molecule has 0 aromatic heterocycles. The fourth-order valence-electron chi connectivity index (χ4n) is 4.26. The normalized spacial score (nSPS) is 19.3. The van der Waals surface area contributed by atoms with Gasteiger partial charge in [0.2, 0.25) is 0 Å². The number of nitrogens with zero attached hydrogens (tertiary/aromatic N) is 2. The fraction of sp³-hybridized carbons (Fsp3) is 0.435. The number of aliphatic hydroxyl groups is 1. The van der Waals surface area contributed by atoms with E-state index in [1.807, 2.05) is 35.2 Å². The quantitative estimate of drug-likeness (QED) is 0.884. The van der Waals surface area contributed by atoms with Gasteiger partial charge >= 0.3 is 0 Å². The van der Waals surface area contributed by atoms with Gasteiger partial charge in [0.1, 0.15) is 0 Å². The van der Waals surface area contributed by atoms with Crippen molar-refractivity contribution < 1.29 is 9.90 Å². The molecule has 0 radical (unpaired) electrons. The molecular formula is C23H28N2O2. The summed E-state index contributed by atoms with van der Waals surface area (Å²) >= 11 is 0. The number of likely N-dealkylation sites (tertiary alicyclic amines) is 1. The van der Waals surface area contributed by atoms with Gasteiger partial charge in [-0.3, -0.25) is 4.79 Å². The number of aliphatic hydroxyl groups excluding tert-OH is 1. The molecule has 0 spiro atoms. The van der Waals surface area contributed by atoms with Gasteiger partial charge in [0.05, 0.1) is 6.10 Å². The summed E-state index contributed by atoms with van der Waals surface area (Å²) in [6.07, 6.45) is 1.73. The van der Waals surface area contributed by atoms with Crippen molar-refractivity contribution in [2.75, 3.05) is 26.2 Å². The van der Waals surface area contributed by atoms with Crippen LogP contribution in [0.2, 0.25) is 0 Å². The van der Waals surface area contributed by atoms with E-state index in [-0.39, 0.29) is 5.91 Å². The molecule has 0 aliphatic carbocycles. The zero-order chi connectivity index (χ0) is 18.8. The first kappa shape index (κ1) is 18.2. The number of hydrogen-bond donors (Lipinski definition) is 1. The van der Waals surface area contributed by atoms with E-state index < -0.39 is 6.10 Å². The standard InChI is InChI=1S/C23H28N2O2/c1-17-6-8-19(9-7-17)22(26)16-24-12-10-18(11-13-24)14-25-15-20-4-2-3-5-21(20)23(25)27/h2-9,18,22,26H,10-16H2,1H3. The third-order valence-electron chi connectivity index (χ3n) is 5.98. The van der Waals surface area contributed by atoms with Crippen LogP contribution in [0.15, 0.2) is 48.5 Å². The van der Waals surface area contributed by atoms with Crippen LogP contribution in [0, 0.1) is 12.8 Å². The molecule has 2 aromatic rings. The van der Waals surface area contributed by atoms with E-state index >= 15 is 0 Å². The SMILES string of the molecule is Cc1ccc(C(O)CN2CCC(CN3Cc4ccccc4C3=O)CC2)cc1. The number of β-amino-alcohol motifs (C(OH)–C–C–N with tert-alkyl or cyclic N) is 1. The summed E-state index contributed by atoms with van der Waals surface area (Å²) in [5.41, 5.74) is 4.23. The largest absolute Gasteiger partial charge is 0.387 e. The molecule has 0 saturated carbocycles. The summed E-state index contributed by atoms with van der Waals surface area (Å²) < 4.78 is 0. The Labute approximate surface area is 161 Å². The Morgan fingerprint density at radius 2 is 1.78 bits per heavy atom. The van der Waals surface area contributed by atoms with Crippen LogP contribution in [-0.2, 0) is 6.54 Å².